The van der Waals surface area contributed by atoms with Crippen LogP contribution < -0.4 is 5.32 Å². The number of nitrogens with one attached hydrogen (secondary N) is 2. The van der Waals surface area contributed by atoms with Crippen molar-refractivity contribution in [1.82, 2.24) is 20.3 Å². The number of hydrogen-bond acceptors (Lipinski definition) is 3. The maximum atomic E-state index is 12.0. The second-order valence-corrected chi connectivity index (χ2v) is 5.91. The quantitative estimate of drug-likeness (QED) is 0.780. The fourth-order valence-corrected chi connectivity index (χ4v) is 3.04. The number of hydrogen-bond donors (Lipinski definition) is 2. The van der Waals surface area contributed by atoms with E-state index < -0.39 is 0 Å². The van der Waals surface area contributed by atoms with E-state index in [1.54, 1.807) is 6.20 Å². The zero-order chi connectivity index (χ0) is 16.5. The van der Waals surface area contributed by atoms with Crippen molar-refractivity contribution in [2.75, 3.05) is 6.54 Å². The lowest BCUT2D eigenvalue weighted by Gasteiger charge is -2.11. The van der Waals surface area contributed by atoms with Gasteiger partial charge in [-0.05, 0) is 36.8 Å². The lowest BCUT2D eigenvalue weighted by atomic mass is 10.1. The fourth-order valence-electron chi connectivity index (χ4n) is 3.04. The molecule has 0 aliphatic carbocycles. The summed E-state index contributed by atoms with van der Waals surface area (Å²) in [5, 5.41) is 2.88. The molecular weight excluding hydrogens is 300 g/mol. The number of aryl methyl sites for hydroxylation is 1. The second-order valence-electron chi connectivity index (χ2n) is 5.91. The van der Waals surface area contributed by atoms with Crippen LogP contribution in [0.1, 0.15) is 28.7 Å². The van der Waals surface area contributed by atoms with Crippen molar-refractivity contribution in [2.45, 2.75) is 19.8 Å². The normalized spacial score (nSPS) is 13.5. The summed E-state index contributed by atoms with van der Waals surface area (Å²) >= 11 is 0. The summed E-state index contributed by atoms with van der Waals surface area (Å²) in [6.45, 7) is 2.77. The van der Waals surface area contributed by atoms with Crippen LogP contribution in [0.15, 0.2) is 42.7 Å². The van der Waals surface area contributed by atoms with Gasteiger partial charge >= 0.3 is 0 Å². The van der Waals surface area contributed by atoms with E-state index in [2.05, 4.69) is 28.3 Å². The van der Waals surface area contributed by atoms with Gasteiger partial charge in [0.25, 0.3) is 5.91 Å². The van der Waals surface area contributed by atoms with Crippen LogP contribution in [0, 0.1) is 0 Å². The van der Waals surface area contributed by atoms with Crippen LogP contribution in [-0.2, 0) is 12.8 Å². The third-order valence-corrected chi connectivity index (χ3v) is 4.31. The van der Waals surface area contributed by atoms with E-state index in [0.29, 0.717) is 6.54 Å². The molecule has 5 heteroatoms. The Morgan fingerprint density at radius 2 is 2.12 bits per heavy atom. The van der Waals surface area contributed by atoms with Gasteiger partial charge in [0.15, 0.2) is 0 Å². The molecular formula is C19H18N4O. The van der Waals surface area contributed by atoms with Crippen LogP contribution in [0.5, 0.6) is 0 Å². The Bertz CT molecular complexity index is 899. The molecule has 120 valence electrons. The largest absolute Gasteiger partial charge is 0.358 e. The van der Waals surface area contributed by atoms with Crippen molar-refractivity contribution in [2.24, 2.45) is 0 Å². The molecule has 3 aromatic rings. The fraction of sp³-hybridized carbons (Fsp3) is 0.211. The van der Waals surface area contributed by atoms with Gasteiger partial charge < -0.3 is 10.3 Å². The van der Waals surface area contributed by atoms with Gasteiger partial charge in [-0.3, -0.25) is 14.8 Å². The van der Waals surface area contributed by atoms with Crippen molar-refractivity contribution in [3.63, 3.8) is 0 Å². The number of aromatic amines is 1. The first kappa shape index (κ1) is 14.6. The molecule has 1 amide bonds. The second kappa shape index (κ2) is 5.92. The van der Waals surface area contributed by atoms with Gasteiger partial charge in [0.2, 0.25) is 0 Å². The number of nitrogens with zero attached hydrogens (tertiary/aromatic N) is 2. The van der Waals surface area contributed by atoms with Gasteiger partial charge in [-0.1, -0.05) is 6.92 Å². The Labute approximate surface area is 140 Å². The van der Waals surface area contributed by atoms with Crippen LogP contribution in [0.25, 0.3) is 22.5 Å². The van der Waals surface area contributed by atoms with Crippen molar-refractivity contribution in [3.05, 3.63) is 59.7 Å². The number of rotatable bonds is 3. The van der Waals surface area contributed by atoms with Gasteiger partial charge in [-0.15, -0.1) is 0 Å². The van der Waals surface area contributed by atoms with Crippen LogP contribution in [0.4, 0.5) is 0 Å². The van der Waals surface area contributed by atoms with Crippen LogP contribution in [0.3, 0.4) is 0 Å². The molecule has 0 unspecified atom stereocenters. The van der Waals surface area contributed by atoms with Crippen molar-refractivity contribution >= 4 is 5.91 Å². The molecule has 0 bridgehead atoms. The smallest absolute Gasteiger partial charge is 0.253 e. The van der Waals surface area contributed by atoms with Crippen molar-refractivity contribution in [1.29, 1.82) is 0 Å². The standard InChI is InChI=1S/C19H18N4O/c1-2-14-8-13(9-17(22-14)12-4-3-6-20-11-12)18-10-15-16(23-18)5-7-21-19(15)24/h3-4,6,8-11,23H,2,5,7H2,1H3,(H,21,24). The monoisotopic (exact) mass is 318 g/mol. The van der Waals surface area contributed by atoms with E-state index in [1.807, 2.05) is 30.5 Å². The zero-order valence-corrected chi connectivity index (χ0v) is 13.5. The summed E-state index contributed by atoms with van der Waals surface area (Å²) in [5.74, 6) is -0.00370. The van der Waals surface area contributed by atoms with Gasteiger partial charge in [-0.2, -0.15) is 0 Å². The molecule has 2 N–H and O–H groups in total. The van der Waals surface area contributed by atoms with Crippen LogP contribution in [0.2, 0.25) is 0 Å². The average molecular weight is 318 g/mol. The molecule has 1 aliphatic heterocycles. The van der Waals surface area contributed by atoms with E-state index >= 15 is 0 Å². The van der Waals surface area contributed by atoms with Gasteiger partial charge in [0, 0.05) is 53.6 Å². The number of H-pyrrole nitrogens is 1. The summed E-state index contributed by atoms with van der Waals surface area (Å²) in [4.78, 5) is 24.3. The van der Waals surface area contributed by atoms with E-state index in [-0.39, 0.29) is 5.91 Å². The predicted molar refractivity (Wildman–Crippen MR) is 92.7 cm³/mol. The lowest BCUT2D eigenvalue weighted by molar-refractivity contribution is 0.0946. The van der Waals surface area contributed by atoms with Crippen molar-refractivity contribution in [3.8, 4) is 22.5 Å². The Morgan fingerprint density at radius 3 is 2.88 bits per heavy atom. The molecule has 24 heavy (non-hydrogen) atoms. The molecule has 0 saturated heterocycles. The molecule has 0 saturated carbocycles. The Kier molecular flexibility index (Phi) is 3.61. The minimum atomic E-state index is -0.00370. The van der Waals surface area contributed by atoms with E-state index in [9.17, 15) is 4.79 Å². The van der Waals surface area contributed by atoms with Crippen molar-refractivity contribution < 1.29 is 4.79 Å². The highest BCUT2D eigenvalue weighted by Crippen LogP contribution is 2.28. The number of amides is 1. The lowest BCUT2D eigenvalue weighted by Crippen LogP contribution is -2.31. The summed E-state index contributed by atoms with van der Waals surface area (Å²) in [7, 11) is 0. The Balaban J connectivity index is 1.82. The maximum Gasteiger partial charge on any atom is 0.253 e. The minimum absolute atomic E-state index is 0.00370. The molecule has 4 heterocycles. The molecule has 0 atom stereocenters. The molecule has 0 radical (unpaired) electrons. The first-order valence-electron chi connectivity index (χ1n) is 8.16. The molecule has 3 aromatic heterocycles. The topological polar surface area (TPSA) is 70.7 Å². The molecule has 0 spiro atoms. The molecule has 5 nitrogen and oxygen atoms in total. The predicted octanol–water partition coefficient (Wildman–Crippen LogP) is 2.99. The molecule has 4 rings (SSSR count). The van der Waals surface area contributed by atoms with E-state index in [1.165, 1.54) is 0 Å². The van der Waals surface area contributed by atoms with E-state index in [4.69, 9.17) is 4.98 Å². The van der Waals surface area contributed by atoms with Gasteiger partial charge in [0.05, 0.1) is 11.3 Å². The number of pyridine rings is 2. The van der Waals surface area contributed by atoms with Gasteiger partial charge in [-0.25, -0.2) is 0 Å². The summed E-state index contributed by atoms with van der Waals surface area (Å²) < 4.78 is 0. The van der Waals surface area contributed by atoms with Gasteiger partial charge in [0.1, 0.15) is 0 Å². The minimum Gasteiger partial charge on any atom is -0.358 e. The summed E-state index contributed by atoms with van der Waals surface area (Å²) in [6.07, 6.45) is 5.26. The Hall–Kier alpha value is -2.95. The summed E-state index contributed by atoms with van der Waals surface area (Å²) in [5.41, 5.74) is 6.66. The highest BCUT2D eigenvalue weighted by molar-refractivity contribution is 5.97. The maximum absolute atomic E-state index is 12.0. The average Bonchev–Trinajstić information content (AvgIpc) is 3.08. The van der Waals surface area contributed by atoms with Crippen LogP contribution in [-0.4, -0.2) is 27.4 Å². The number of aromatic nitrogens is 3. The molecule has 1 aliphatic rings. The summed E-state index contributed by atoms with van der Waals surface area (Å²) in [6, 6.07) is 9.98. The third kappa shape index (κ3) is 2.58. The number of carbonyl (C=O) groups excluding carboxylic acids is 1. The first-order chi connectivity index (χ1) is 11.7. The van der Waals surface area contributed by atoms with Crippen LogP contribution >= 0.6 is 0 Å². The first-order valence-corrected chi connectivity index (χ1v) is 8.16. The number of carbonyl (C=O) groups is 1. The highest BCUT2D eigenvalue weighted by Gasteiger charge is 2.20. The SMILES string of the molecule is CCc1cc(-c2cc3c([nH]2)CCNC3=O)cc(-c2cccnc2)n1. The molecule has 0 fully saturated rings. The zero-order valence-electron chi connectivity index (χ0n) is 13.5. The van der Waals surface area contributed by atoms with E-state index in [0.717, 1.165) is 52.3 Å². The number of fused-ring (bicyclic) bond motifs is 1. The Morgan fingerprint density at radius 1 is 1.21 bits per heavy atom. The highest BCUT2D eigenvalue weighted by atomic mass is 16.1. The molecule has 0 aromatic carbocycles. The third-order valence-electron chi connectivity index (χ3n) is 4.31.